The molecule has 1 aliphatic rings. The molecule has 0 saturated carbocycles. The number of phenols is 2. The average Bonchev–Trinajstić information content (AvgIpc) is 2.48. The van der Waals surface area contributed by atoms with E-state index in [0.29, 0.717) is 11.1 Å². The van der Waals surface area contributed by atoms with Crippen LogP contribution < -0.4 is 0 Å². The van der Waals surface area contributed by atoms with E-state index in [1.54, 1.807) is 18.3 Å². The van der Waals surface area contributed by atoms with Crippen LogP contribution in [0.5, 0.6) is 11.5 Å². The van der Waals surface area contributed by atoms with Crippen molar-refractivity contribution in [1.29, 1.82) is 0 Å². The molecule has 0 unspecified atom stereocenters. The number of aromatic hydroxyl groups is 2. The molecule has 0 spiro atoms. The van der Waals surface area contributed by atoms with Crippen LogP contribution in [0, 0.1) is 6.92 Å². The Balaban J connectivity index is 2.18. The number of Topliss-reactive ketones (excluding diaryl/α,β-unsaturated/α-hetero) is 1. The van der Waals surface area contributed by atoms with Crippen LogP contribution in [0.2, 0.25) is 0 Å². The lowest BCUT2D eigenvalue weighted by molar-refractivity contribution is 0.100. The number of aliphatic imine (C=N–C) groups is 1. The van der Waals surface area contributed by atoms with E-state index >= 15 is 0 Å². The number of phenolic OH excluding ortho intramolecular Hbond substituents is 2. The molecule has 22 heavy (non-hydrogen) atoms. The molecule has 0 radical (unpaired) electrons. The first-order valence-corrected chi connectivity index (χ1v) is 7.00. The van der Waals surface area contributed by atoms with Crippen molar-refractivity contribution >= 4 is 33.5 Å². The minimum atomic E-state index is -0.0896. The molecular formula is C18H13NO3. The van der Waals surface area contributed by atoms with Gasteiger partial charge in [0.15, 0.2) is 5.78 Å². The van der Waals surface area contributed by atoms with Gasteiger partial charge in [-0.05, 0) is 64.4 Å². The number of hydrogen-bond donors (Lipinski definition) is 2. The summed E-state index contributed by atoms with van der Waals surface area (Å²) in [5.74, 6) is 0.195. The highest BCUT2D eigenvalue weighted by Crippen LogP contribution is 2.35. The Hall–Kier alpha value is -2.88. The first kappa shape index (κ1) is 12.8. The smallest absolute Gasteiger partial charge is 0.185 e. The second kappa shape index (κ2) is 4.31. The van der Waals surface area contributed by atoms with Crippen molar-refractivity contribution in [2.75, 3.05) is 6.54 Å². The quantitative estimate of drug-likeness (QED) is 0.624. The minimum absolute atomic E-state index is 0.0509. The van der Waals surface area contributed by atoms with Gasteiger partial charge >= 0.3 is 0 Å². The normalized spacial score (nSPS) is 13.8. The number of benzene rings is 3. The predicted molar refractivity (Wildman–Crippen MR) is 86.3 cm³/mol. The molecule has 0 fully saturated rings. The Morgan fingerprint density at radius 1 is 0.955 bits per heavy atom. The summed E-state index contributed by atoms with van der Waals surface area (Å²) in [6, 6.07) is 9.04. The monoisotopic (exact) mass is 291 g/mol. The van der Waals surface area contributed by atoms with Crippen LogP contribution in [-0.4, -0.2) is 28.8 Å². The zero-order valence-corrected chi connectivity index (χ0v) is 11.9. The van der Waals surface area contributed by atoms with Crippen molar-refractivity contribution < 1.29 is 15.0 Å². The number of carbonyl (C=O) groups is 1. The summed E-state index contributed by atoms with van der Waals surface area (Å²) in [5.41, 5.74) is 1.80. The van der Waals surface area contributed by atoms with Crippen molar-refractivity contribution in [1.82, 2.24) is 0 Å². The second-order valence-corrected chi connectivity index (χ2v) is 5.64. The summed E-state index contributed by atoms with van der Waals surface area (Å²) < 4.78 is 0. The first-order valence-electron chi connectivity index (χ1n) is 7.00. The summed E-state index contributed by atoms with van der Waals surface area (Å²) in [6.45, 7) is 1.95. The van der Waals surface area contributed by atoms with Crippen LogP contribution in [0.25, 0.3) is 21.5 Å². The number of nitrogens with zero attached hydrogens (tertiary/aromatic N) is 1. The van der Waals surface area contributed by atoms with Crippen LogP contribution in [0.15, 0.2) is 35.3 Å². The molecule has 4 heteroatoms. The maximum Gasteiger partial charge on any atom is 0.185 e. The number of fused-ring (bicyclic) bond motifs is 4. The number of rotatable bonds is 0. The van der Waals surface area contributed by atoms with Gasteiger partial charge < -0.3 is 10.2 Å². The molecule has 2 N–H and O–H groups in total. The summed E-state index contributed by atoms with van der Waals surface area (Å²) >= 11 is 0. The first-order chi connectivity index (χ1) is 10.5. The molecule has 3 aromatic carbocycles. The molecule has 3 aromatic rings. The van der Waals surface area contributed by atoms with Crippen LogP contribution >= 0.6 is 0 Å². The third-order valence-electron chi connectivity index (χ3n) is 4.16. The maximum atomic E-state index is 12.2. The summed E-state index contributed by atoms with van der Waals surface area (Å²) in [4.78, 5) is 16.2. The van der Waals surface area contributed by atoms with Crippen LogP contribution in [0.4, 0.5) is 0 Å². The van der Waals surface area contributed by atoms with E-state index < -0.39 is 0 Å². The number of ketones is 1. The third kappa shape index (κ3) is 1.70. The maximum absolute atomic E-state index is 12.2. The van der Waals surface area contributed by atoms with E-state index in [0.717, 1.165) is 27.1 Å². The molecule has 0 aliphatic carbocycles. The third-order valence-corrected chi connectivity index (χ3v) is 4.16. The second-order valence-electron chi connectivity index (χ2n) is 5.64. The van der Waals surface area contributed by atoms with Gasteiger partial charge in [-0.3, -0.25) is 9.79 Å². The molecule has 0 bridgehead atoms. The van der Waals surface area contributed by atoms with Gasteiger partial charge in [-0.15, -0.1) is 0 Å². The molecule has 4 nitrogen and oxygen atoms in total. The highest BCUT2D eigenvalue weighted by Gasteiger charge is 2.21. The Morgan fingerprint density at radius 2 is 1.68 bits per heavy atom. The number of aryl methyl sites for hydroxylation is 1. The van der Waals surface area contributed by atoms with E-state index in [4.69, 9.17) is 0 Å². The molecule has 0 atom stereocenters. The van der Waals surface area contributed by atoms with Gasteiger partial charge in [-0.1, -0.05) is 0 Å². The highest BCUT2D eigenvalue weighted by atomic mass is 16.3. The standard InChI is InChI=1S/C18H13NO3/c1-9-2-10-4-13-12(3-11(10)5-15(9)20)6-16(21)14-7-19-8-17(22)18(13)14/h2-7,20-21H,8H2,1H3. The van der Waals surface area contributed by atoms with Crippen molar-refractivity contribution in [2.24, 2.45) is 4.99 Å². The minimum Gasteiger partial charge on any atom is -0.508 e. The molecule has 1 aliphatic heterocycles. The summed E-state index contributed by atoms with van der Waals surface area (Å²) in [6.07, 6.45) is 1.55. The van der Waals surface area contributed by atoms with E-state index in [2.05, 4.69) is 4.99 Å². The molecule has 108 valence electrons. The topological polar surface area (TPSA) is 69.9 Å². The van der Waals surface area contributed by atoms with Gasteiger partial charge in [-0.25, -0.2) is 0 Å². The highest BCUT2D eigenvalue weighted by molar-refractivity contribution is 6.19. The number of carbonyl (C=O) groups excluding carboxylic acids is 1. The summed E-state index contributed by atoms with van der Waals surface area (Å²) in [7, 11) is 0. The van der Waals surface area contributed by atoms with E-state index in [1.165, 1.54) is 0 Å². The lowest BCUT2D eigenvalue weighted by Gasteiger charge is -2.15. The molecule has 1 heterocycles. The SMILES string of the molecule is Cc1cc2cc3c4c(c(O)cc3cc2cc1O)C=NCC4=O. The Kier molecular flexibility index (Phi) is 2.51. The fourth-order valence-corrected chi connectivity index (χ4v) is 3.03. The van der Waals surface area contributed by atoms with E-state index in [-0.39, 0.29) is 23.8 Å². The van der Waals surface area contributed by atoms with Crippen LogP contribution in [-0.2, 0) is 0 Å². The van der Waals surface area contributed by atoms with Crippen LogP contribution in [0.3, 0.4) is 0 Å². The summed E-state index contributed by atoms with van der Waals surface area (Å²) in [5, 5.41) is 23.4. The van der Waals surface area contributed by atoms with E-state index in [1.807, 2.05) is 25.1 Å². The molecule has 0 saturated heterocycles. The Bertz CT molecular complexity index is 1000. The average molecular weight is 291 g/mol. The largest absolute Gasteiger partial charge is 0.508 e. The van der Waals surface area contributed by atoms with Gasteiger partial charge in [-0.2, -0.15) is 0 Å². The van der Waals surface area contributed by atoms with Gasteiger partial charge in [0.1, 0.15) is 18.0 Å². The van der Waals surface area contributed by atoms with Crippen molar-refractivity contribution in [2.45, 2.75) is 6.92 Å². The van der Waals surface area contributed by atoms with Gasteiger partial charge in [0.05, 0.1) is 0 Å². The van der Waals surface area contributed by atoms with Gasteiger partial charge in [0.2, 0.25) is 0 Å². The van der Waals surface area contributed by atoms with Crippen LogP contribution in [0.1, 0.15) is 21.5 Å². The van der Waals surface area contributed by atoms with Crippen molar-refractivity contribution in [3.63, 3.8) is 0 Å². The lowest BCUT2D eigenvalue weighted by Crippen LogP contribution is -2.13. The van der Waals surface area contributed by atoms with Crippen molar-refractivity contribution in [3.8, 4) is 11.5 Å². The molecule has 0 amide bonds. The predicted octanol–water partition coefficient (Wildman–Crippen LogP) is 3.33. The molecule has 4 rings (SSSR count). The van der Waals surface area contributed by atoms with E-state index in [9.17, 15) is 15.0 Å². The molecular weight excluding hydrogens is 278 g/mol. The zero-order valence-electron chi connectivity index (χ0n) is 11.9. The lowest BCUT2D eigenvalue weighted by atomic mass is 9.91. The Labute approximate surface area is 126 Å². The van der Waals surface area contributed by atoms with Gasteiger partial charge in [0.25, 0.3) is 0 Å². The zero-order chi connectivity index (χ0) is 15.4. The van der Waals surface area contributed by atoms with Crippen molar-refractivity contribution in [3.05, 3.63) is 47.0 Å². The molecule has 0 aromatic heterocycles. The Morgan fingerprint density at radius 3 is 2.50 bits per heavy atom. The van der Waals surface area contributed by atoms with Gasteiger partial charge in [0, 0.05) is 17.3 Å². The number of hydrogen-bond acceptors (Lipinski definition) is 4. The fraction of sp³-hybridized carbons (Fsp3) is 0.111. The fourth-order valence-electron chi connectivity index (χ4n) is 3.03.